The van der Waals surface area contributed by atoms with Crippen LogP contribution in [0.5, 0.6) is 0 Å². The highest BCUT2D eigenvalue weighted by atomic mass is 79.9. The lowest BCUT2D eigenvalue weighted by Gasteiger charge is -2.10. The number of carbonyl (C=O) groups is 1. The number of halogens is 1. The average molecular weight is 452 g/mol. The molecule has 0 atom stereocenters. The summed E-state index contributed by atoms with van der Waals surface area (Å²) in [4.78, 5) is 31.5. The van der Waals surface area contributed by atoms with E-state index in [0.717, 1.165) is 25.4 Å². The fourth-order valence-corrected chi connectivity index (χ4v) is 4.92. The number of nitrogens with zero attached hydrogens (tertiary/aromatic N) is 2. The second-order valence-electron chi connectivity index (χ2n) is 5.75. The minimum absolute atomic E-state index is 0.0331. The molecule has 0 aliphatic heterocycles. The molecule has 0 fully saturated rings. The van der Waals surface area contributed by atoms with Crippen LogP contribution in [0.2, 0.25) is 0 Å². The van der Waals surface area contributed by atoms with Gasteiger partial charge in [0.2, 0.25) is 5.91 Å². The highest BCUT2D eigenvalue weighted by Crippen LogP contribution is 2.28. The first-order valence-corrected chi connectivity index (χ1v) is 10.7. The molecule has 0 aliphatic carbocycles. The van der Waals surface area contributed by atoms with E-state index in [4.69, 9.17) is 0 Å². The number of aryl methyl sites for hydroxylation is 2. The molecule has 3 rings (SSSR count). The van der Waals surface area contributed by atoms with Gasteiger partial charge in [0.15, 0.2) is 5.16 Å². The van der Waals surface area contributed by atoms with Gasteiger partial charge in [0, 0.05) is 21.6 Å². The van der Waals surface area contributed by atoms with Crippen LogP contribution in [-0.4, -0.2) is 21.2 Å². The van der Waals surface area contributed by atoms with Crippen molar-refractivity contribution in [2.45, 2.75) is 32.5 Å². The van der Waals surface area contributed by atoms with Crippen molar-refractivity contribution in [3.05, 3.63) is 49.5 Å². The molecule has 2 aromatic heterocycles. The molecule has 1 N–H and O–H groups in total. The molecule has 3 aromatic rings. The third kappa shape index (κ3) is 3.87. The van der Waals surface area contributed by atoms with Gasteiger partial charge in [-0.15, -0.1) is 11.3 Å². The number of thioether (sulfide) groups is 1. The summed E-state index contributed by atoms with van der Waals surface area (Å²) in [6.45, 7) is 6.38. The maximum Gasteiger partial charge on any atom is 0.263 e. The number of thiophene rings is 1. The van der Waals surface area contributed by atoms with Gasteiger partial charge in [-0.2, -0.15) is 0 Å². The molecule has 0 bridgehead atoms. The Hall–Kier alpha value is -1.64. The van der Waals surface area contributed by atoms with Gasteiger partial charge in [0.05, 0.1) is 11.1 Å². The number of amides is 1. The van der Waals surface area contributed by atoms with Gasteiger partial charge >= 0.3 is 0 Å². The van der Waals surface area contributed by atoms with Crippen LogP contribution >= 0.6 is 39.0 Å². The summed E-state index contributed by atoms with van der Waals surface area (Å²) in [5.41, 5.74) is 1.69. The van der Waals surface area contributed by atoms with Gasteiger partial charge < -0.3 is 5.32 Å². The first-order chi connectivity index (χ1) is 12.4. The van der Waals surface area contributed by atoms with E-state index in [0.29, 0.717) is 17.1 Å². The summed E-state index contributed by atoms with van der Waals surface area (Å²) < 4.78 is 2.54. The molecule has 8 heteroatoms. The fraction of sp³-hybridized carbons (Fsp3) is 0.278. The van der Waals surface area contributed by atoms with Crippen molar-refractivity contribution in [1.82, 2.24) is 9.55 Å². The zero-order valence-corrected chi connectivity index (χ0v) is 17.8. The number of carbonyl (C=O) groups excluding carboxylic acids is 1. The number of benzene rings is 1. The third-order valence-corrected chi connectivity index (χ3v) is 6.58. The summed E-state index contributed by atoms with van der Waals surface area (Å²) in [6, 6.07) is 7.43. The van der Waals surface area contributed by atoms with E-state index in [2.05, 4.69) is 26.2 Å². The number of anilines is 1. The highest BCUT2D eigenvalue weighted by molar-refractivity contribution is 9.10. The van der Waals surface area contributed by atoms with Crippen LogP contribution in [-0.2, 0) is 11.3 Å². The molecule has 2 heterocycles. The van der Waals surface area contributed by atoms with Crippen molar-refractivity contribution in [2.75, 3.05) is 11.1 Å². The third-order valence-electron chi connectivity index (χ3n) is 4.01. The highest BCUT2D eigenvalue weighted by Gasteiger charge is 2.16. The maximum atomic E-state index is 12.8. The Labute approximate surface area is 168 Å². The van der Waals surface area contributed by atoms with Crippen molar-refractivity contribution in [3.8, 4) is 0 Å². The van der Waals surface area contributed by atoms with E-state index < -0.39 is 0 Å². The Kier molecular flexibility index (Phi) is 5.84. The summed E-state index contributed by atoms with van der Waals surface area (Å²) >= 11 is 6.19. The molecule has 0 unspecified atom stereocenters. The molecule has 5 nitrogen and oxygen atoms in total. The monoisotopic (exact) mass is 451 g/mol. The normalized spacial score (nSPS) is 11.1. The predicted molar refractivity (Wildman–Crippen MR) is 113 cm³/mol. The maximum absolute atomic E-state index is 12.8. The van der Waals surface area contributed by atoms with E-state index in [1.165, 1.54) is 23.1 Å². The van der Waals surface area contributed by atoms with Crippen LogP contribution in [0.4, 0.5) is 5.69 Å². The second-order valence-corrected chi connectivity index (χ2v) is 8.82. The molecule has 0 aliphatic rings. The lowest BCUT2D eigenvalue weighted by atomic mass is 10.2. The van der Waals surface area contributed by atoms with Crippen molar-refractivity contribution in [3.63, 3.8) is 0 Å². The topological polar surface area (TPSA) is 64.0 Å². The molecule has 0 saturated heterocycles. The average Bonchev–Trinajstić information content (AvgIpc) is 2.87. The van der Waals surface area contributed by atoms with Crippen LogP contribution < -0.4 is 10.9 Å². The Morgan fingerprint density at radius 1 is 1.38 bits per heavy atom. The van der Waals surface area contributed by atoms with Crippen molar-refractivity contribution >= 4 is 60.8 Å². The second kappa shape index (κ2) is 7.94. The van der Waals surface area contributed by atoms with Crippen LogP contribution in [0.1, 0.15) is 17.4 Å². The minimum atomic E-state index is -0.136. The molecule has 26 heavy (non-hydrogen) atoms. The van der Waals surface area contributed by atoms with E-state index >= 15 is 0 Å². The Balaban J connectivity index is 1.82. The van der Waals surface area contributed by atoms with E-state index in [9.17, 15) is 9.59 Å². The number of aromatic nitrogens is 2. The van der Waals surface area contributed by atoms with Crippen LogP contribution in [0.3, 0.4) is 0 Å². The molecule has 0 spiro atoms. The molecular formula is C18H18BrN3O2S2. The Bertz CT molecular complexity index is 1040. The van der Waals surface area contributed by atoms with Gasteiger partial charge in [0.25, 0.3) is 5.56 Å². The van der Waals surface area contributed by atoms with E-state index in [1.54, 1.807) is 4.57 Å². The number of hydrogen-bond donors (Lipinski definition) is 1. The lowest BCUT2D eigenvalue weighted by Crippen LogP contribution is -2.23. The summed E-state index contributed by atoms with van der Waals surface area (Å²) in [6.07, 6.45) is 0. The lowest BCUT2D eigenvalue weighted by molar-refractivity contribution is -0.113. The van der Waals surface area contributed by atoms with Gasteiger partial charge in [-0.25, -0.2) is 4.98 Å². The largest absolute Gasteiger partial charge is 0.325 e. The number of rotatable bonds is 5. The number of nitrogens with one attached hydrogen (secondary N) is 1. The van der Waals surface area contributed by atoms with Crippen molar-refractivity contribution in [1.29, 1.82) is 0 Å². The zero-order valence-electron chi connectivity index (χ0n) is 14.6. The summed E-state index contributed by atoms with van der Waals surface area (Å²) in [7, 11) is 0. The summed E-state index contributed by atoms with van der Waals surface area (Å²) in [5, 5.41) is 4.12. The van der Waals surface area contributed by atoms with Gasteiger partial charge in [-0.1, -0.05) is 33.8 Å². The number of hydrogen-bond acceptors (Lipinski definition) is 5. The number of fused-ring (bicyclic) bond motifs is 1. The molecule has 1 aromatic carbocycles. The molecule has 0 radical (unpaired) electrons. The van der Waals surface area contributed by atoms with Crippen molar-refractivity contribution in [2.24, 2.45) is 0 Å². The first kappa shape index (κ1) is 19.1. The standard InChI is InChI=1S/C18H18BrN3O2S2/c1-4-22-17(24)15-10(2)11(3)26-16(15)21-18(22)25-9-14(23)20-13-7-5-6-12(19)8-13/h5-8H,4,9H2,1-3H3,(H,20,23). The van der Waals surface area contributed by atoms with Crippen LogP contribution in [0.15, 0.2) is 38.7 Å². The van der Waals surface area contributed by atoms with Crippen LogP contribution in [0, 0.1) is 13.8 Å². The summed E-state index contributed by atoms with van der Waals surface area (Å²) in [5.74, 6) is 0.0528. The predicted octanol–water partition coefficient (Wildman–Crippen LogP) is 4.59. The van der Waals surface area contributed by atoms with E-state index in [-0.39, 0.29) is 17.2 Å². The van der Waals surface area contributed by atoms with Gasteiger partial charge in [-0.05, 0) is 44.5 Å². The Morgan fingerprint density at radius 2 is 2.15 bits per heavy atom. The quantitative estimate of drug-likeness (QED) is 0.455. The van der Waals surface area contributed by atoms with Crippen molar-refractivity contribution < 1.29 is 4.79 Å². The minimum Gasteiger partial charge on any atom is -0.325 e. The SMILES string of the molecule is CCn1c(SCC(=O)Nc2cccc(Br)c2)nc2sc(C)c(C)c2c1=O. The molecule has 1 amide bonds. The zero-order chi connectivity index (χ0) is 18.8. The smallest absolute Gasteiger partial charge is 0.263 e. The van der Waals surface area contributed by atoms with Gasteiger partial charge in [-0.3, -0.25) is 14.2 Å². The van der Waals surface area contributed by atoms with Crippen LogP contribution in [0.25, 0.3) is 10.2 Å². The fourth-order valence-electron chi connectivity index (χ4n) is 2.59. The Morgan fingerprint density at radius 3 is 2.85 bits per heavy atom. The first-order valence-electron chi connectivity index (χ1n) is 8.09. The molecule has 136 valence electrons. The van der Waals surface area contributed by atoms with Gasteiger partial charge in [0.1, 0.15) is 4.83 Å². The molecule has 0 saturated carbocycles. The molecular weight excluding hydrogens is 434 g/mol. The van der Waals surface area contributed by atoms with E-state index in [1.807, 2.05) is 45.0 Å².